The molecule has 2 heterocycles. The Morgan fingerprint density at radius 3 is 2.07 bits per heavy atom. The quantitative estimate of drug-likeness (QED) is 0.104. The maximum absolute atomic E-state index is 14.3. The van der Waals surface area contributed by atoms with Crippen molar-refractivity contribution in [3.05, 3.63) is 47.8 Å². The Bertz CT molecular complexity index is 1550. The number of aliphatic hydroxyl groups is 1. The van der Waals surface area contributed by atoms with Gasteiger partial charge in [-0.05, 0) is 24.3 Å². The number of aliphatic imine (C=N–C) groups is 1. The number of amides is 6. The van der Waals surface area contributed by atoms with Crippen LogP contribution >= 0.6 is 11.8 Å². The van der Waals surface area contributed by atoms with E-state index in [0.29, 0.717) is 6.42 Å². The van der Waals surface area contributed by atoms with Crippen LogP contribution in [0.1, 0.15) is 132 Å². The predicted octanol–water partition coefficient (Wildman–Crippen LogP) is 4.43. The Hall–Kier alpha value is -4.44. The van der Waals surface area contributed by atoms with Gasteiger partial charge in [0.15, 0.2) is 6.10 Å². The number of nitrogens with zero attached hydrogens (tertiary/aromatic N) is 2. The normalized spacial score (nSPS) is 20.1. The third-order valence-corrected chi connectivity index (χ3v) is 11.0. The first-order chi connectivity index (χ1) is 28.6. The zero-order chi connectivity index (χ0) is 45.3. The number of aliphatic hydroxyl groups excluding tert-OH is 1. The van der Waals surface area contributed by atoms with Gasteiger partial charge in [-0.1, -0.05) is 137 Å². The minimum atomic E-state index is -1.57. The van der Waals surface area contributed by atoms with Crippen LogP contribution in [-0.4, -0.2) is 99.6 Å². The Morgan fingerprint density at radius 2 is 1.58 bits per heavy atom. The van der Waals surface area contributed by atoms with Gasteiger partial charge < -0.3 is 42.3 Å². The first-order valence-corrected chi connectivity index (χ1v) is 22.6. The molecule has 1 aliphatic carbocycles. The summed E-state index contributed by atoms with van der Waals surface area (Å²) in [5.74, 6) is -3.27. The molecule has 8 N–H and O–H groups in total. The topological polar surface area (TPSA) is 224 Å². The molecule has 6 amide bonds. The number of nitrogens with one attached hydrogen (secondary N) is 5. The van der Waals surface area contributed by atoms with Crippen LogP contribution in [0.5, 0.6) is 0 Å². The first kappa shape index (κ1) is 53.6. The molecule has 3 aliphatic rings. The van der Waals surface area contributed by atoms with Crippen molar-refractivity contribution in [2.75, 3.05) is 18.8 Å². The van der Waals surface area contributed by atoms with Crippen molar-refractivity contribution in [2.24, 2.45) is 16.1 Å². The zero-order valence-electron chi connectivity index (χ0n) is 37.5. The molecular weight excluding hydrogens is 785 g/mol. The number of carbonyl (C=O) groups excluding carboxylic acids is 6. The summed E-state index contributed by atoms with van der Waals surface area (Å²) in [6.45, 7) is 16.6. The molecule has 1 spiro atoms. The fourth-order valence-electron chi connectivity index (χ4n) is 6.69. The van der Waals surface area contributed by atoms with Crippen LogP contribution in [0.4, 0.5) is 0 Å². The molecule has 5 unspecified atom stereocenters. The lowest BCUT2D eigenvalue weighted by Crippen LogP contribution is -2.60. The Kier molecular flexibility index (Phi) is 25.1. The summed E-state index contributed by atoms with van der Waals surface area (Å²) in [5, 5.41) is 24.5. The van der Waals surface area contributed by atoms with E-state index >= 15 is 0 Å². The second kappa shape index (κ2) is 28.2. The molecule has 338 valence electrons. The summed E-state index contributed by atoms with van der Waals surface area (Å²) < 4.78 is 0. The lowest BCUT2D eigenvalue weighted by molar-refractivity contribution is -0.144. The van der Waals surface area contributed by atoms with Gasteiger partial charge in [-0.2, -0.15) is 0 Å². The number of thioether (sulfide) groups is 1. The summed E-state index contributed by atoms with van der Waals surface area (Å²) in [4.78, 5) is 83.1. The van der Waals surface area contributed by atoms with E-state index < -0.39 is 70.6 Å². The van der Waals surface area contributed by atoms with Gasteiger partial charge in [0.1, 0.15) is 22.7 Å². The lowest BCUT2D eigenvalue weighted by Gasteiger charge is -2.36. The number of carbonyl (C=O) groups is 6. The molecule has 2 saturated heterocycles. The molecule has 16 heteroatoms. The average Bonchev–Trinajstić information content (AvgIpc) is 3.81. The van der Waals surface area contributed by atoms with Crippen molar-refractivity contribution in [1.82, 2.24) is 31.5 Å². The van der Waals surface area contributed by atoms with Gasteiger partial charge in [0.25, 0.3) is 11.8 Å². The van der Waals surface area contributed by atoms with Gasteiger partial charge in [-0.3, -0.25) is 33.8 Å². The van der Waals surface area contributed by atoms with Crippen LogP contribution in [0.3, 0.4) is 0 Å². The molecule has 1 aromatic carbocycles. The third-order valence-electron chi connectivity index (χ3n) is 9.63. The monoisotopic (exact) mass is 859 g/mol. The van der Waals surface area contributed by atoms with Crippen molar-refractivity contribution in [1.29, 1.82) is 0 Å². The summed E-state index contributed by atoms with van der Waals surface area (Å²) >= 11 is 1.29. The van der Waals surface area contributed by atoms with Crippen LogP contribution in [0.25, 0.3) is 0 Å². The largest absolute Gasteiger partial charge is 0.403 e. The third kappa shape index (κ3) is 18.0. The van der Waals surface area contributed by atoms with E-state index in [2.05, 4.69) is 45.4 Å². The summed E-state index contributed by atoms with van der Waals surface area (Å²) in [6.07, 6.45) is 12.0. The van der Waals surface area contributed by atoms with Crippen LogP contribution < -0.4 is 32.3 Å². The Labute approximate surface area is 362 Å². The smallest absolute Gasteiger partial charge is 0.271 e. The Morgan fingerprint density at radius 1 is 1.00 bits per heavy atom. The molecule has 60 heavy (non-hydrogen) atoms. The Balaban J connectivity index is 0.00000144. The fourth-order valence-corrected chi connectivity index (χ4v) is 7.86. The van der Waals surface area contributed by atoms with Crippen molar-refractivity contribution >= 4 is 53.4 Å². The highest BCUT2D eigenvalue weighted by Gasteiger charge is 2.54. The van der Waals surface area contributed by atoms with E-state index in [0.717, 1.165) is 11.8 Å². The van der Waals surface area contributed by atoms with Crippen LogP contribution in [-0.2, 0) is 35.3 Å². The number of nitrogens with two attached hydrogens (primary N) is 1. The highest BCUT2D eigenvalue weighted by Crippen LogP contribution is 2.41. The van der Waals surface area contributed by atoms with Crippen molar-refractivity contribution in [3.8, 4) is 0 Å². The van der Waals surface area contributed by atoms with Gasteiger partial charge >= 0.3 is 0 Å². The number of hydrogen-bond acceptors (Lipinski definition) is 10. The second-order valence-corrected chi connectivity index (χ2v) is 17.2. The highest BCUT2D eigenvalue weighted by atomic mass is 32.2. The fraction of sp³-hybridized carbons (Fsp3) is 0.659. The molecule has 5 atom stereocenters. The van der Waals surface area contributed by atoms with E-state index in [1.807, 2.05) is 51.1 Å². The lowest BCUT2D eigenvalue weighted by atomic mass is 9.85. The molecule has 2 aliphatic heterocycles. The molecule has 0 aromatic heterocycles. The number of benzene rings is 1. The van der Waals surface area contributed by atoms with E-state index in [-0.39, 0.29) is 43.3 Å². The molecule has 0 bridgehead atoms. The standard InChI is InChI=1S/C33H48N8O7S.C6H12.C3H8.C2H6/c1-6-11-21(26(44)30(47)36-16-20-12-9-8-10-13-20)38-29(46)23-14-33(40-25(43)18-49-33)19-41(23)31(48)27(32(3,4)5)39-24(42)17-37-28(45)22(15-34)35-7-2;1-2-4-6-5-3-1;1-3-2;1-2/h7-10,12-13,15,21,23,26-27,44H,6,11,14,16-19,34H2,1-5H3,(H,36,47)(H,37,45)(H,38,46)(H,39,42)(H,40,43);1-6H2;3H2,1-2H3;1-2H3/b22-15-,35-7?;;;. The van der Waals surface area contributed by atoms with E-state index in [4.69, 9.17) is 5.73 Å². The van der Waals surface area contributed by atoms with E-state index in [9.17, 15) is 33.9 Å². The molecule has 4 rings (SSSR count). The zero-order valence-corrected chi connectivity index (χ0v) is 38.3. The predicted molar refractivity (Wildman–Crippen MR) is 240 cm³/mol. The first-order valence-electron chi connectivity index (χ1n) is 21.6. The molecule has 1 saturated carbocycles. The summed E-state index contributed by atoms with van der Waals surface area (Å²) in [7, 11) is 0. The van der Waals surface area contributed by atoms with Crippen molar-refractivity contribution < 1.29 is 33.9 Å². The summed E-state index contributed by atoms with van der Waals surface area (Å²) in [6, 6.07) is 5.99. The van der Waals surface area contributed by atoms with Gasteiger partial charge in [0.05, 0.1) is 24.9 Å². The maximum Gasteiger partial charge on any atom is 0.271 e. The average molecular weight is 859 g/mol. The van der Waals surface area contributed by atoms with Gasteiger partial charge in [-0.25, -0.2) is 0 Å². The molecule has 3 fully saturated rings. The molecular formula is C44H74N8O7S. The number of likely N-dealkylation sites (tertiary alicyclic amines) is 1. The molecule has 1 aromatic rings. The molecule has 0 radical (unpaired) electrons. The van der Waals surface area contributed by atoms with Crippen LogP contribution in [0, 0.1) is 5.41 Å². The van der Waals surface area contributed by atoms with Gasteiger partial charge in [0, 0.05) is 25.4 Å². The van der Waals surface area contributed by atoms with Crippen LogP contribution in [0.2, 0.25) is 0 Å². The van der Waals surface area contributed by atoms with E-state index in [1.165, 1.54) is 67.8 Å². The maximum atomic E-state index is 14.3. The highest BCUT2D eigenvalue weighted by molar-refractivity contribution is 8.01. The minimum Gasteiger partial charge on any atom is -0.403 e. The van der Waals surface area contributed by atoms with Crippen molar-refractivity contribution in [3.63, 3.8) is 0 Å². The van der Waals surface area contributed by atoms with Gasteiger partial charge in [0.2, 0.25) is 23.6 Å². The number of rotatable bonds is 14. The van der Waals surface area contributed by atoms with Crippen LogP contribution in [0.15, 0.2) is 47.2 Å². The summed E-state index contributed by atoms with van der Waals surface area (Å²) in [5.41, 5.74) is 5.35. The van der Waals surface area contributed by atoms with E-state index in [1.54, 1.807) is 27.7 Å². The number of hydrogen-bond donors (Lipinski definition) is 7. The molecule has 15 nitrogen and oxygen atoms in total. The van der Waals surface area contributed by atoms with Crippen molar-refractivity contribution in [2.45, 2.75) is 162 Å². The van der Waals surface area contributed by atoms with Gasteiger partial charge in [-0.15, -0.1) is 11.8 Å². The SMILES string of the molecule is C1CCCCC1.CC.CC=N/C(=C\N)C(=O)NCC(=O)NC(C(=O)N1CC2(CC1C(=O)NC(CCC)C(O)C(=O)NCc1ccccc1)NC(=O)CS2)C(C)(C)C.CCC. The minimum absolute atomic E-state index is 0.0161. The second-order valence-electron chi connectivity index (χ2n) is 15.9.